The number of ether oxygens (including phenoxy) is 1. The number of benzene rings is 4. The predicted octanol–water partition coefficient (Wildman–Crippen LogP) is 4.77. The highest BCUT2D eigenvalue weighted by molar-refractivity contribution is 6.33. The van der Waals surface area contributed by atoms with Crippen LogP contribution in [-0.2, 0) is 4.74 Å². The van der Waals surface area contributed by atoms with Gasteiger partial charge in [0.25, 0.3) is 0 Å². The lowest BCUT2D eigenvalue weighted by atomic mass is 9.89. The van der Waals surface area contributed by atoms with Gasteiger partial charge in [-0.2, -0.15) is 0 Å². The van der Waals surface area contributed by atoms with Crippen molar-refractivity contribution in [3.63, 3.8) is 0 Å². The first kappa shape index (κ1) is 13.3. The van der Waals surface area contributed by atoms with E-state index in [9.17, 15) is 9.59 Å². The van der Waals surface area contributed by atoms with E-state index in [1.807, 2.05) is 42.5 Å². The van der Waals surface area contributed by atoms with Crippen LogP contribution in [0.4, 0.5) is 0 Å². The molecule has 4 aromatic carbocycles. The highest BCUT2D eigenvalue weighted by Crippen LogP contribution is 2.40. The van der Waals surface area contributed by atoms with Crippen LogP contribution in [0, 0.1) is 6.92 Å². The molecule has 0 aromatic heterocycles. The first-order chi connectivity index (χ1) is 11.7. The van der Waals surface area contributed by atoms with E-state index < -0.39 is 11.9 Å². The Hall–Kier alpha value is -3.20. The maximum absolute atomic E-state index is 12.3. The second-order valence-corrected chi connectivity index (χ2v) is 6.13. The fourth-order valence-corrected chi connectivity index (χ4v) is 3.81. The summed E-state index contributed by atoms with van der Waals surface area (Å²) >= 11 is 0. The lowest BCUT2D eigenvalue weighted by Gasteiger charge is -2.12. The van der Waals surface area contributed by atoms with Gasteiger partial charge in [0.1, 0.15) is 0 Å². The number of esters is 2. The fraction of sp³-hybridized carbons (Fsp3) is 0.0476. The zero-order chi connectivity index (χ0) is 16.4. The Morgan fingerprint density at radius 3 is 2.00 bits per heavy atom. The molecule has 114 valence electrons. The summed E-state index contributed by atoms with van der Waals surface area (Å²) in [4.78, 5) is 24.5. The molecule has 0 saturated heterocycles. The largest absolute Gasteiger partial charge is 0.386 e. The molecule has 0 unspecified atom stereocenters. The van der Waals surface area contributed by atoms with Crippen LogP contribution >= 0.6 is 0 Å². The molecular formula is C21H12O3. The molecule has 0 saturated carbocycles. The van der Waals surface area contributed by atoms with E-state index in [1.165, 1.54) is 5.56 Å². The summed E-state index contributed by atoms with van der Waals surface area (Å²) < 4.78 is 4.91. The Bertz CT molecular complexity index is 1220. The first-order valence-corrected chi connectivity index (χ1v) is 7.80. The van der Waals surface area contributed by atoms with E-state index in [2.05, 4.69) is 19.1 Å². The smallest absolute Gasteiger partial charge is 0.347 e. The first-order valence-electron chi connectivity index (χ1n) is 7.80. The topological polar surface area (TPSA) is 43.4 Å². The Labute approximate surface area is 137 Å². The molecular weight excluding hydrogens is 300 g/mol. The number of hydrogen-bond acceptors (Lipinski definition) is 3. The van der Waals surface area contributed by atoms with Crippen molar-refractivity contribution < 1.29 is 14.3 Å². The summed E-state index contributed by atoms with van der Waals surface area (Å²) in [6.45, 7) is 2.07. The summed E-state index contributed by atoms with van der Waals surface area (Å²) in [5.74, 6) is -1.12. The third-order valence-electron chi connectivity index (χ3n) is 4.86. The van der Waals surface area contributed by atoms with Gasteiger partial charge in [-0.1, -0.05) is 54.6 Å². The summed E-state index contributed by atoms with van der Waals surface area (Å²) in [5.41, 5.74) is 1.95. The van der Waals surface area contributed by atoms with E-state index in [-0.39, 0.29) is 0 Å². The highest BCUT2D eigenvalue weighted by Gasteiger charge is 2.34. The normalized spacial score (nSPS) is 13.7. The summed E-state index contributed by atoms with van der Waals surface area (Å²) in [5, 5.41) is 5.74. The maximum Gasteiger partial charge on any atom is 0.347 e. The van der Waals surface area contributed by atoms with Crippen molar-refractivity contribution >= 4 is 44.3 Å². The number of cyclic esters (lactones) is 2. The predicted molar refractivity (Wildman–Crippen MR) is 93.4 cm³/mol. The number of rotatable bonds is 0. The highest BCUT2D eigenvalue weighted by atomic mass is 16.6. The standard InChI is InChI=1S/C21H12O3/c1-11-5-4-8-13-12(11)9-10-16-17(13)14-6-2-3-7-15(14)18-19(16)21(23)24-20(18)22/h2-10H,1H3. The second kappa shape index (κ2) is 4.42. The minimum atomic E-state index is -0.558. The zero-order valence-corrected chi connectivity index (χ0v) is 12.9. The second-order valence-electron chi connectivity index (χ2n) is 6.13. The molecule has 1 aliphatic heterocycles. The van der Waals surface area contributed by atoms with Crippen molar-refractivity contribution in [3.8, 4) is 0 Å². The van der Waals surface area contributed by atoms with Crippen molar-refractivity contribution in [2.75, 3.05) is 0 Å². The van der Waals surface area contributed by atoms with Gasteiger partial charge in [0.2, 0.25) is 0 Å². The summed E-state index contributed by atoms with van der Waals surface area (Å²) in [6.07, 6.45) is 0. The molecule has 0 atom stereocenters. The quantitative estimate of drug-likeness (QED) is 0.267. The summed E-state index contributed by atoms with van der Waals surface area (Å²) in [7, 11) is 0. The monoisotopic (exact) mass is 312 g/mol. The van der Waals surface area contributed by atoms with Gasteiger partial charge in [-0.3, -0.25) is 0 Å². The van der Waals surface area contributed by atoms with Crippen LogP contribution in [0.3, 0.4) is 0 Å². The third kappa shape index (κ3) is 1.51. The van der Waals surface area contributed by atoms with Gasteiger partial charge in [0, 0.05) is 0 Å². The number of carbonyl (C=O) groups excluding carboxylic acids is 2. The molecule has 4 aromatic rings. The average Bonchev–Trinajstić information content (AvgIpc) is 2.90. The molecule has 3 nitrogen and oxygen atoms in total. The number of carbonyl (C=O) groups is 2. The number of aryl methyl sites for hydroxylation is 1. The Balaban J connectivity index is 2.18. The van der Waals surface area contributed by atoms with Crippen molar-refractivity contribution in [2.45, 2.75) is 6.92 Å². The Morgan fingerprint density at radius 1 is 0.625 bits per heavy atom. The molecule has 0 amide bonds. The average molecular weight is 312 g/mol. The molecule has 3 heteroatoms. The molecule has 1 heterocycles. The van der Waals surface area contributed by atoms with E-state index in [4.69, 9.17) is 4.74 Å². The lowest BCUT2D eigenvalue weighted by molar-refractivity contribution is 0.0445. The SMILES string of the molecule is Cc1cccc2c1ccc1c3c(c4ccccc4c12)C(=O)OC3=O. The fourth-order valence-electron chi connectivity index (χ4n) is 3.81. The molecule has 0 N–H and O–H groups in total. The third-order valence-corrected chi connectivity index (χ3v) is 4.86. The molecule has 0 fully saturated rings. The maximum atomic E-state index is 12.3. The van der Waals surface area contributed by atoms with Gasteiger partial charge in [0.15, 0.2) is 0 Å². The van der Waals surface area contributed by atoms with Gasteiger partial charge in [-0.15, -0.1) is 0 Å². The summed E-state index contributed by atoms with van der Waals surface area (Å²) in [6, 6.07) is 17.8. The van der Waals surface area contributed by atoms with Gasteiger partial charge in [-0.25, -0.2) is 9.59 Å². The molecule has 1 aliphatic rings. The number of hydrogen-bond donors (Lipinski definition) is 0. The molecule has 0 aliphatic carbocycles. The Kier molecular flexibility index (Phi) is 2.44. The van der Waals surface area contributed by atoms with Gasteiger partial charge in [-0.05, 0) is 44.8 Å². The van der Waals surface area contributed by atoms with Crippen molar-refractivity contribution in [3.05, 3.63) is 71.3 Å². The van der Waals surface area contributed by atoms with Crippen LogP contribution in [0.15, 0.2) is 54.6 Å². The van der Waals surface area contributed by atoms with E-state index in [0.29, 0.717) is 11.1 Å². The molecule has 5 rings (SSSR count). The molecule has 0 radical (unpaired) electrons. The van der Waals surface area contributed by atoms with Gasteiger partial charge >= 0.3 is 11.9 Å². The van der Waals surface area contributed by atoms with Crippen molar-refractivity contribution in [1.29, 1.82) is 0 Å². The van der Waals surface area contributed by atoms with Gasteiger partial charge in [0.05, 0.1) is 11.1 Å². The minimum Gasteiger partial charge on any atom is -0.386 e. The number of fused-ring (bicyclic) bond motifs is 8. The van der Waals surface area contributed by atoms with E-state index >= 15 is 0 Å². The Morgan fingerprint density at radius 2 is 1.21 bits per heavy atom. The van der Waals surface area contributed by atoms with Crippen LogP contribution in [-0.4, -0.2) is 11.9 Å². The van der Waals surface area contributed by atoms with E-state index in [0.717, 1.165) is 32.3 Å². The van der Waals surface area contributed by atoms with Crippen molar-refractivity contribution in [1.82, 2.24) is 0 Å². The zero-order valence-electron chi connectivity index (χ0n) is 12.9. The molecule has 0 spiro atoms. The van der Waals surface area contributed by atoms with Crippen LogP contribution in [0.5, 0.6) is 0 Å². The van der Waals surface area contributed by atoms with Crippen LogP contribution in [0.1, 0.15) is 26.3 Å². The molecule has 24 heavy (non-hydrogen) atoms. The molecule has 0 bridgehead atoms. The van der Waals surface area contributed by atoms with Crippen LogP contribution < -0.4 is 0 Å². The van der Waals surface area contributed by atoms with Crippen molar-refractivity contribution in [2.24, 2.45) is 0 Å². The van der Waals surface area contributed by atoms with E-state index in [1.54, 1.807) is 0 Å². The minimum absolute atomic E-state index is 0.384. The van der Waals surface area contributed by atoms with Gasteiger partial charge < -0.3 is 4.74 Å². The van der Waals surface area contributed by atoms with Crippen LogP contribution in [0.2, 0.25) is 0 Å². The lowest BCUT2D eigenvalue weighted by Crippen LogP contribution is -1.97. The van der Waals surface area contributed by atoms with Crippen LogP contribution in [0.25, 0.3) is 32.3 Å².